The predicted octanol–water partition coefficient (Wildman–Crippen LogP) is 1.49. The van der Waals surface area contributed by atoms with Crippen LogP contribution in [-0.2, 0) is 16.1 Å². The topological polar surface area (TPSA) is 89.7 Å². The molecule has 2 unspecified atom stereocenters. The van der Waals surface area contributed by atoms with Gasteiger partial charge in [-0.25, -0.2) is 0 Å². The van der Waals surface area contributed by atoms with Gasteiger partial charge < -0.3 is 24.5 Å². The SMILES string of the molecule is COc1c[nH]c(C(=O)NC2COCCC2OCc2ccccc2)cc1=O. The van der Waals surface area contributed by atoms with E-state index in [1.165, 1.54) is 19.4 Å². The zero-order valence-corrected chi connectivity index (χ0v) is 14.6. The highest BCUT2D eigenvalue weighted by atomic mass is 16.5. The lowest BCUT2D eigenvalue weighted by Crippen LogP contribution is -2.50. The van der Waals surface area contributed by atoms with Crippen molar-refractivity contribution in [3.05, 3.63) is 64.1 Å². The average Bonchev–Trinajstić information content (AvgIpc) is 2.68. The van der Waals surface area contributed by atoms with Crippen LogP contribution in [0, 0.1) is 0 Å². The van der Waals surface area contributed by atoms with Crippen LogP contribution in [0.5, 0.6) is 5.75 Å². The Bertz CT molecular complexity index is 790. The van der Waals surface area contributed by atoms with E-state index in [2.05, 4.69) is 10.3 Å². The van der Waals surface area contributed by atoms with Gasteiger partial charge in [-0.3, -0.25) is 9.59 Å². The van der Waals surface area contributed by atoms with Gasteiger partial charge in [0.05, 0.1) is 32.5 Å². The minimum Gasteiger partial charge on any atom is -0.491 e. The summed E-state index contributed by atoms with van der Waals surface area (Å²) in [6.07, 6.45) is 1.91. The highest BCUT2D eigenvalue weighted by Gasteiger charge is 2.28. The Morgan fingerprint density at radius 3 is 2.88 bits per heavy atom. The number of benzene rings is 1. The number of methoxy groups -OCH3 is 1. The second-order valence-corrected chi connectivity index (χ2v) is 6.06. The molecule has 1 saturated heterocycles. The molecule has 2 N–H and O–H groups in total. The monoisotopic (exact) mass is 358 g/mol. The third kappa shape index (κ3) is 4.50. The summed E-state index contributed by atoms with van der Waals surface area (Å²) in [5, 5.41) is 2.89. The number of carbonyl (C=O) groups is 1. The van der Waals surface area contributed by atoms with Crippen molar-refractivity contribution in [2.45, 2.75) is 25.2 Å². The third-order valence-corrected chi connectivity index (χ3v) is 4.26. The fraction of sp³-hybridized carbons (Fsp3) is 0.368. The Morgan fingerprint density at radius 1 is 1.35 bits per heavy atom. The molecule has 0 saturated carbocycles. The molecule has 1 amide bonds. The van der Waals surface area contributed by atoms with Crippen molar-refractivity contribution < 1.29 is 19.0 Å². The molecular weight excluding hydrogens is 336 g/mol. The number of aromatic amines is 1. The summed E-state index contributed by atoms with van der Waals surface area (Å²) in [4.78, 5) is 27.0. The Balaban J connectivity index is 1.63. The van der Waals surface area contributed by atoms with Crippen molar-refractivity contribution in [2.24, 2.45) is 0 Å². The maximum absolute atomic E-state index is 12.5. The van der Waals surface area contributed by atoms with Crippen LogP contribution in [0.15, 0.2) is 47.4 Å². The first-order chi connectivity index (χ1) is 12.7. The maximum Gasteiger partial charge on any atom is 0.268 e. The summed E-state index contributed by atoms with van der Waals surface area (Å²) in [7, 11) is 1.40. The largest absolute Gasteiger partial charge is 0.491 e. The van der Waals surface area contributed by atoms with E-state index in [0.29, 0.717) is 26.2 Å². The first-order valence-corrected chi connectivity index (χ1v) is 8.48. The smallest absolute Gasteiger partial charge is 0.268 e. The molecule has 2 atom stereocenters. The molecule has 26 heavy (non-hydrogen) atoms. The van der Waals surface area contributed by atoms with Gasteiger partial charge in [0.25, 0.3) is 5.91 Å². The van der Waals surface area contributed by atoms with Crippen LogP contribution in [-0.4, -0.2) is 43.4 Å². The van der Waals surface area contributed by atoms with Gasteiger partial charge in [0.2, 0.25) is 5.43 Å². The van der Waals surface area contributed by atoms with Crippen molar-refractivity contribution in [3.8, 4) is 5.75 Å². The van der Waals surface area contributed by atoms with E-state index >= 15 is 0 Å². The Morgan fingerprint density at radius 2 is 2.15 bits per heavy atom. The summed E-state index contributed by atoms with van der Waals surface area (Å²) in [6.45, 7) is 1.42. The Hall–Kier alpha value is -2.64. The molecule has 1 fully saturated rings. The van der Waals surface area contributed by atoms with E-state index in [0.717, 1.165) is 5.56 Å². The molecule has 1 aromatic carbocycles. The van der Waals surface area contributed by atoms with Crippen molar-refractivity contribution in [3.63, 3.8) is 0 Å². The van der Waals surface area contributed by atoms with Crippen molar-refractivity contribution >= 4 is 5.91 Å². The van der Waals surface area contributed by atoms with Gasteiger partial charge in [-0.05, 0) is 12.0 Å². The van der Waals surface area contributed by atoms with Crippen LogP contribution >= 0.6 is 0 Å². The molecule has 7 nitrogen and oxygen atoms in total. The lowest BCUT2D eigenvalue weighted by molar-refractivity contribution is -0.0605. The zero-order valence-electron chi connectivity index (χ0n) is 14.6. The Kier molecular flexibility index (Phi) is 6.04. The number of hydrogen-bond donors (Lipinski definition) is 2. The molecular formula is C19H22N2O5. The standard InChI is InChI=1S/C19H22N2O5/c1-24-18-10-20-14(9-16(18)22)19(23)21-15-12-25-8-7-17(15)26-11-13-5-3-2-4-6-13/h2-6,9-10,15,17H,7-8,11-12H2,1H3,(H,20,22)(H,21,23). The quantitative estimate of drug-likeness (QED) is 0.817. The molecule has 1 aliphatic heterocycles. The number of aromatic nitrogens is 1. The van der Waals surface area contributed by atoms with Crippen LogP contribution in [0.4, 0.5) is 0 Å². The van der Waals surface area contributed by atoms with Crippen molar-refractivity contribution in [1.82, 2.24) is 10.3 Å². The van der Waals surface area contributed by atoms with Crippen molar-refractivity contribution in [1.29, 1.82) is 0 Å². The van der Waals surface area contributed by atoms with E-state index in [-0.39, 0.29) is 34.9 Å². The summed E-state index contributed by atoms with van der Waals surface area (Å²) in [6, 6.07) is 10.8. The molecule has 7 heteroatoms. The Labute approximate surface area is 151 Å². The number of amides is 1. The molecule has 1 aliphatic rings. The van der Waals surface area contributed by atoms with E-state index in [4.69, 9.17) is 14.2 Å². The van der Waals surface area contributed by atoms with E-state index in [1.807, 2.05) is 30.3 Å². The summed E-state index contributed by atoms with van der Waals surface area (Å²) in [5.74, 6) is -0.222. The van der Waals surface area contributed by atoms with Gasteiger partial charge >= 0.3 is 0 Å². The van der Waals surface area contributed by atoms with Gasteiger partial charge in [0.15, 0.2) is 5.75 Å². The first-order valence-electron chi connectivity index (χ1n) is 8.48. The average molecular weight is 358 g/mol. The third-order valence-electron chi connectivity index (χ3n) is 4.26. The second-order valence-electron chi connectivity index (χ2n) is 6.06. The van der Waals surface area contributed by atoms with Gasteiger partial charge in [-0.2, -0.15) is 0 Å². The highest BCUT2D eigenvalue weighted by molar-refractivity contribution is 5.92. The van der Waals surface area contributed by atoms with Gasteiger partial charge in [0, 0.05) is 18.9 Å². The molecule has 0 spiro atoms. The molecule has 0 radical (unpaired) electrons. The van der Waals surface area contributed by atoms with Gasteiger partial charge in [0.1, 0.15) is 5.69 Å². The van der Waals surface area contributed by atoms with Crippen LogP contribution < -0.4 is 15.5 Å². The van der Waals surface area contributed by atoms with Crippen LogP contribution in [0.2, 0.25) is 0 Å². The number of hydrogen-bond acceptors (Lipinski definition) is 5. The number of H-pyrrole nitrogens is 1. The lowest BCUT2D eigenvalue weighted by atomic mass is 10.1. The fourth-order valence-corrected chi connectivity index (χ4v) is 2.82. The normalized spacial score (nSPS) is 19.7. The minimum absolute atomic E-state index is 0.155. The summed E-state index contributed by atoms with van der Waals surface area (Å²) < 4.78 is 16.4. The molecule has 0 bridgehead atoms. The molecule has 1 aromatic heterocycles. The molecule has 138 valence electrons. The molecule has 2 aromatic rings. The van der Waals surface area contributed by atoms with Crippen LogP contribution in [0.3, 0.4) is 0 Å². The summed E-state index contributed by atoms with van der Waals surface area (Å²) in [5.41, 5.74) is 0.889. The fourth-order valence-electron chi connectivity index (χ4n) is 2.82. The van der Waals surface area contributed by atoms with E-state index < -0.39 is 0 Å². The molecule has 2 heterocycles. The molecule has 0 aliphatic carbocycles. The van der Waals surface area contributed by atoms with Crippen LogP contribution in [0.25, 0.3) is 0 Å². The highest BCUT2D eigenvalue weighted by Crippen LogP contribution is 2.15. The van der Waals surface area contributed by atoms with Crippen LogP contribution in [0.1, 0.15) is 22.5 Å². The number of pyridine rings is 1. The number of ether oxygens (including phenoxy) is 3. The second kappa shape index (κ2) is 8.64. The van der Waals surface area contributed by atoms with Gasteiger partial charge in [-0.1, -0.05) is 30.3 Å². The molecule has 3 rings (SSSR count). The predicted molar refractivity (Wildman–Crippen MR) is 95.3 cm³/mol. The maximum atomic E-state index is 12.5. The number of rotatable bonds is 6. The number of nitrogens with one attached hydrogen (secondary N) is 2. The van der Waals surface area contributed by atoms with Crippen molar-refractivity contribution in [2.75, 3.05) is 20.3 Å². The minimum atomic E-state index is -0.381. The lowest BCUT2D eigenvalue weighted by Gasteiger charge is -2.32. The van der Waals surface area contributed by atoms with E-state index in [1.54, 1.807) is 0 Å². The van der Waals surface area contributed by atoms with Gasteiger partial charge in [-0.15, -0.1) is 0 Å². The first kappa shape index (κ1) is 18.2. The number of carbonyl (C=O) groups excluding carboxylic acids is 1. The van der Waals surface area contributed by atoms with E-state index in [9.17, 15) is 9.59 Å². The summed E-state index contributed by atoms with van der Waals surface area (Å²) >= 11 is 0. The zero-order chi connectivity index (χ0) is 18.4.